The first-order valence-corrected chi connectivity index (χ1v) is 7.45. The van der Waals surface area contributed by atoms with Crippen molar-refractivity contribution in [3.63, 3.8) is 0 Å². The van der Waals surface area contributed by atoms with Crippen LogP contribution in [0.15, 0.2) is 59.0 Å². The molecule has 0 amide bonds. The quantitative estimate of drug-likeness (QED) is 0.691. The van der Waals surface area contributed by atoms with Crippen molar-refractivity contribution in [1.29, 1.82) is 0 Å². The van der Waals surface area contributed by atoms with Gasteiger partial charge in [-0.15, -0.1) is 10.2 Å². The number of aryl methyl sites for hydroxylation is 1. The van der Waals surface area contributed by atoms with Crippen LogP contribution in [-0.4, -0.2) is 16.8 Å². The zero-order valence-corrected chi connectivity index (χ0v) is 12.5. The summed E-state index contributed by atoms with van der Waals surface area (Å²) in [5.74, 6) is 2.06. The van der Waals surface area contributed by atoms with Gasteiger partial charge in [0, 0.05) is 5.56 Å². The Morgan fingerprint density at radius 2 is 1.73 bits per heavy atom. The van der Waals surface area contributed by atoms with Gasteiger partial charge in [-0.2, -0.15) is 0 Å². The van der Waals surface area contributed by atoms with E-state index in [0.29, 0.717) is 24.8 Å². The van der Waals surface area contributed by atoms with Crippen molar-refractivity contribution in [2.45, 2.75) is 19.8 Å². The molecule has 0 saturated heterocycles. The second kappa shape index (κ2) is 6.89. The number of aromatic nitrogens is 2. The Bertz CT molecular complexity index is 723. The summed E-state index contributed by atoms with van der Waals surface area (Å²) in [7, 11) is 0. The first kappa shape index (κ1) is 14.3. The van der Waals surface area contributed by atoms with Crippen LogP contribution in [0.1, 0.15) is 18.4 Å². The molecule has 0 bridgehead atoms. The lowest BCUT2D eigenvalue weighted by Gasteiger charge is -2.08. The minimum absolute atomic E-state index is 0.521. The van der Waals surface area contributed by atoms with Crippen LogP contribution in [-0.2, 0) is 12.8 Å². The average molecular weight is 294 g/mol. The highest BCUT2D eigenvalue weighted by atomic mass is 16.5. The van der Waals surface area contributed by atoms with Crippen molar-refractivity contribution in [3.8, 4) is 17.2 Å². The van der Waals surface area contributed by atoms with Crippen molar-refractivity contribution < 1.29 is 9.15 Å². The van der Waals surface area contributed by atoms with Gasteiger partial charge in [0.05, 0.1) is 13.0 Å². The zero-order valence-electron chi connectivity index (χ0n) is 12.5. The van der Waals surface area contributed by atoms with Crippen LogP contribution in [0.4, 0.5) is 0 Å². The maximum atomic E-state index is 5.82. The molecule has 0 aliphatic rings. The van der Waals surface area contributed by atoms with E-state index in [1.165, 1.54) is 5.56 Å². The zero-order chi connectivity index (χ0) is 15.2. The summed E-state index contributed by atoms with van der Waals surface area (Å²) in [5, 5.41) is 8.14. The predicted molar refractivity (Wildman–Crippen MR) is 84.8 cm³/mol. The normalized spacial score (nSPS) is 10.6. The summed E-state index contributed by atoms with van der Waals surface area (Å²) in [6.45, 7) is 2.64. The summed E-state index contributed by atoms with van der Waals surface area (Å²) in [6, 6.07) is 17.8. The van der Waals surface area contributed by atoms with Gasteiger partial charge >= 0.3 is 0 Å². The lowest BCUT2D eigenvalue weighted by molar-refractivity contribution is 0.304. The second-order valence-corrected chi connectivity index (χ2v) is 4.93. The highest BCUT2D eigenvalue weighted by molar-refractivity contribution is 5.51. The molecule has 0 aliphatic carbocycles. The fourth-order valence-corrected chi connectivity index (χ4v) is 2.24. The van der Waals surface area contributed by atoms with Crippen LogP contribution in [0.3, 0.4) is 0 Å². The minimum Gasteiger partial charge on any atom is -0.493 e. The van der Waals surface area contributed by atoms with Crippen LogP contribution in [0.5, 0.6) is 5.75 Å². The minimum atomic E-state index is 0.521. The number of hydrogen-bond donors (Lipinski definition) is 0. The maximum absolute atomic E-state index is 5.82. The molecule has 4 heteroatoms. The Hall–Kier alpha value is -2.62. The molecule has 3 aromatic rings. The molecular formula is C18H18N2O2. The summed E-state index contributed by atoms with van der Waals surface area (Å²) in [5.41, 5.74) is 2.14. The Kier molecular flexibility index (Phi) is 4.49. The molecule has 0 radical (unpaired) electrons. The molecule has 3 rings (SSSR count). The summed E-state index contributed by atoms with van der Waals surface area (Å²) < 4.78 is 11.5. The lowest BCUT2D eigenvalue weighted by atomic mass is 10.1. The molecular weight excluding hydrogens is 276 g/mol. The van der Waals surface area contributed by atoms with Crippen molar-refractivity contribution in [2.75, 3.05) is 6.61 Å². The monoisotopic (exact) mass is 294 g/mol. The van der Waals surface area contributed by atoms with Gasteiger partial charge in [0.1, 0.15) is 5.75 Å². The lowest BCUT2D eigenvalue weighted by Crippen LogP contribution is -2.03. The molecule has 1 aromatic heterocycles. The van der Waals surface area contributed by atoms with Gasteiger partial charge in [0.15, 0.2) is 0 Å². The van der Waals surface area contributed by atoms with E-state index in [1.807, 2.05) is 48.5 Å². The highest BCUT2D eigenvalue weighted by Gasteiger charge is 2.08. The van der Waals surface area contributed by atoms with Gasteiger partial charge in [0.2, 0.25) is 11.8 Å². The Labute approximate surface area is 129 Å². The molecule has 0 spiro atoms. The van der Waals surface area contributed by atoms with Crippen molar-refractivity contribution in [1.82, 2.24) is 10.2 Å². The van der Waals surface area contributed by atoms with E-state index in [1.54, 1.807) is 0 Å². The highest BCUT2D eigenvalue weighted by Crippen LogP contribution is 2.19. The van der Waals surface area contributed by atoms with E-state index in [4.69, 9.17) is 9.15 Å². The Balaban J connectivity index is 1.60. The fraction of sp³-hybridized carbons (Fsp3) is 0.222. The number of para-hydroxylation sites is 1. The summed E-state index contributed by atoms with van der Waals surface area (Å²) in [4.78, 5) is 0. The summed E-state index contributed by atoms with van der Waals surface area (Å²) in [6.07, 6.45) is 1.55. The number of rotatable bonds is 6. The molecule has 0 unspecified atom stereocenters. The Morgan fingerprint density at radius 1 is 0.955 bits per heavy atom. The van der Waals surface area contributed by atoms with Crippen molar-refractivity contribution >= 4 is 0 Å². The van der Waals surface area contributed by atoms with E-state index in [0.717, 1.165) is 17.7 Å². The van der Waals surface area contributed by atoms with Crippen molar-refractivity contribution in [2.24, 2.45) is 0 Å². The largest absolute Gasteiger partial charge is 0.493 e. The van der Waals surface area contributed by atoms with Crippen molar-refractivity contribution in [3.05, 3.63) is 66.1 Å². The topological polar surface area (TPSA) is 48.2 Å². The molecule has 112 valence electrons. The molecule has 0 N–H and O–H groups in total. The van der Waals surface area contributed by atoms with Crippen LogP contribution in [0, 0.1) is 0 Å². The molecule has 0 atom stereocenters. The first-order valence-electron chi connectivity index (χ1n) is 7.45. The van der Waals surface area contributed by atoms with Crippen LogP contribution >= 0.6 is 0 Å². The predicted octanol–water partition coefficient (Wildman–Crippen LogP) is 3.92. The third kappa shape index (κ3) is 3.34. The van der Waals surface area contributed by atoms with Crippen LogP contribution < -0.4 is 4.74 Å². The molecule has 4 nitrogen and oxygen atoms in total. The smallest absolute Gasteiger partial charge is 0.247 e. The van der Waals surface area contributed by atoms with E-state index in [-0.39, 0.29) is 0 Å². The Morgan fingerprint density at radius 3 is 2.55 bits per heavy atom. The molecule has 1 heterocycles. The molecule has 0 fully saturated rings. The molecule has 0 saturated carbocycles. The van der Waals surface area contributed by atoms with Gasteiger partial charge in [-0.3, -0.25) is 0 Å². The van der Waals surface area contributed by atoms with E-state index in [2.05, 4.69) is 23.2 Å². The number of nitrogens with zero attached hydrogens (tertiary/aromatic N) is 2. The van der Waals surface area contributed by atoms with E-state index in [9.17, 15) is 0 Å². The van der Waals surface area contributed by atoms with E-state index < -0.39 is 0 Å². The number of benzene rings is 2. The standard InChI is InChI=1S/C18H18N2O2/c1-2-14-8-6-7-11-16(14)21-13-12-17-19-20-18(22-17)15-9-4-3-5-10-15/h3-11H,2,12-13H2,1H3. The van der Waals surface area contributed by atoms with Gasteiger partial charge in [-0.1, -0.05) is 43.3 Å². The summed E-state index contributed by atoms with van der Waals surface area (Å²) >= 11 is 0. The maximum Gasteiger partial charge on any atom is 0.247 e. The molecule has 2 aromatic carbocycles. The van der Waals surface area contributed by atoms with Gasteiger partial charge < -0.3 is 9.15 Å². The van der Waals surface area contributed by atoms with Gasteiger partial charge in [0.25, 0.3) is 0 Å². The fourth-order valence-electron chi connectivity index (χ4n) is 2.24. The second-order valence-electron chi connectivity index (χ2n) is 4.93. The number of ether oxygens (including phenoxy) is 1. The van der Waals surface area contributed by atoms with Crippen LogP contribution in [0.2, 0.25) is 0 Å². The van der Waals surface area contributed by atoms with Gasteiger partial charge in [-0.25, -0.2) is 0 Å². The SMILES string of the molecule is CCc1ccccc1OCCc1nnc(-c2ccccc2)o1. The number of hydrogen-bond acceptors (Lipinski definition) is 4. The molecule has 22 heavy (non-hydrogen) atoms. The third-order valence-electron chi connectivity index (χ3n) is 3.41. The van der Waals surface area contributed by atoms with Gasteiger partial charge in [-0.05, 0) is 30.2 Å². The van der Waals surface area contributed by atoms with E-state index >= 15 is 0 Å². The molecule has 0 aliphatic heterocycles. The van der Waals surface area contributed by atoms with Crippen LogP contribution in [0.25, 0.3) is 11.5 Å². The third-order valence-corrected chi connectivity index (χ3v) is 3.41. The average Bonchev–Trinajstić information content (AvgIpc) is 3.05. The first-order chi connectivity index (χ1) is 10.9.